The Labute approximate surface area is 133 Å². The molecule has 2 aromatic carbocycles. The van der Waals surface area contributed by atoms with Gasteiger partial charge in [0.25, 0.3) is 10.0 Å². The van der Waals surface area contributed by atoms with E-state index in [4.69, 9.17) is 0 Å². The Morgan fingerprint density at radius 1 is 1.14 bits per heavy atom. The number of hydrogen-bond donors (Lipinski definition) is 2. The first kappa shape index (κ1) is 15.9. The second-order valence-corrected chi connectivity index (χ2v) is 7.17. The Morgan fingerprint density at radius 2 is 1.81 bits per heavy atom. The SMILES string of the molecule is CCCc1ccc(S(=O)(=O)Nc2cccc(Br)c2O)cc1. The molecule has 112 valence electrons. The molecule has 0 atom stereocenters. The summed E-state index contributed by atoms with van der Waals surface area (Å²) in [5, 5.41) is 9.85. The van der Waals surface area contributed by atoms with Gasteiger partial charge in [-0.25, -0.2) is 8.42 Å². The minimum atomic E-state index is -3.72. The van der Waals surface area contributed by atoms with Crippen molar-refractivity contribution in [1.82, 2.24) is 0 Å². The van der Waals surface area contributed by atoms with Gasteiger partial charge in [0.2, 0.25) is 0 Å². The van der Waals surface area contributed by atoms with Gasteiger partial charge in [0.1, 0.15) is 0 Å². The molecule has 0 aliphatic heterocycles. The average Bonchev–Trinajstić information content (AvgIpc) is 2.45. The highest BCUT2D eigenvalue weighted by atomic mass is 79.9. The fourth-order valence-electron chi connectivity index (χ4n) is 1.93. The lowest BCUT2D eigenvalue weighted by Crippen LogP contribution is -2.13. The van der Waals surface area contributed by atoms with Crippen LogP contribution in [0.3, 0.4) is 0 Å². The summed E-state index contributed by atoms with van der Waals surface area (Å²) < 4.78 is 27.4. The fourth-order valence-corrected chi connectivity index (χ4v) is 3.36. The quantitative estimate of drug-likeness (QED) is 0.785. The Hall–Kier alpha value is -1.53. The second-order valence-electron chi connectivity index (χ2n) is 4.64. The first-order chi connectivity index (χ1) is 9.94. The standard InChI is InChI=1S/C15H16BrNO3S/c1-2-4-11-7-9-12(10-8-11)21(19,20)17-14-6-3-5-13(16)15(14)18/h3,5-10,17-18H,2,4H2,1H3. The van der Waals surface area contributed by atoms with Gasteiger partial charge in [0, 0.05) is 0 Å². The van der Waals surface area contributed by atoms with E-state index in [-0.39, 0.29) is 16.3 Å². The molecule has 0 spiro atoms. The van der Waals surface area contributed by atoms with Crippen molar-refractivity contribution in [3.8, 4) is 5.75 Å². The smallest absolute Gasteiger partial charge is 0.262 e. The zero-order valence-corrected chi connectivity index (χ0v) is 13.9. The van der Waals surface area contributed by atoms with Crippen LogP contribution < -0.4 is 4.72 Å². The molecule has 0 saturated carbocycles. The summed E-state index contributed by atoms with van der Waals surface area (Å²) in [4.78, 5) is 0.168. The van der Waals surface area contributed by atoms with E-state index in [1.165, 1.54) is 6.07 Å². The number of aromatic hydroxyl groups is 1. The average molecular weight is 370 g/mol. The van der Waals surface area contributed by atoms with E-state index in [0.29, 0.717) is 4.47 Å². The number of hydrogen-bond acceptors (Lipinski definition) is 3. The number of halogens is 1. The van der Waals surface area contributed by atoms with Gasteiger partial charge in [0.15, 0.2) is 5.75 Å². The number of phenolic OH excluding ortho intramolecular Hbond substituents is 1. The third-order valence-electron chi connectivity index (χ3n) is 3.00. The summed E-state index contributed by atoms with van der Waals surface area (Å²) >= 11 is 3.15. The lowest BCUT2D eigenvalue weighted by Gasteiger charge is -2.11. The normalized spacial score (nSPS) is 11.3. The molecule has 0 unspecified atom stereocenters. The number of aryl methyl sites for hydroxylation is 1. The maximum absolute atomic E-state index is 12.3. The lowest BCUT2D eigenvalue weighted by molar-refractivity contribution is 0.474. The maximum Gasteiger partial charge on any atom is 0.262 e. The van der Waals surface area contributed by atoms with Gasteiger partial charge in [-0.15, -0.1) is 0 Å². The number of sulfonamides is 1. The number of nitrogens with one attached hydrogen (secondary N) is 1. The van der Waals surface area contributed by atoms with Gasteiger partial charge in [-0.1, -0.05) is 31.5 Å². The zero-order valence-electron chi connectivity index (χ0n) is 11.5. The van der Waals surface area contributed by atoms with E-state index in [2.05, 4.69) is 27.6 Å². The molecule has 0 bridgehead atoms. The van der Waals surface area contributed by atoms with E-state index in [1.54, 1.807) is 36.4 Å². The van der Waals surface area contributed by atoms with Crippen molar-refractivity contribution < 1.29 is 13.5 Å². The molecule has 0 fully saturated rings. The molecule has 0 saturated heterocycles. The first-order valence-electron chi connectivity index (χ1n) is 6.53. The molecule has 2 aromatic rings. The second kappa shape index (κ2) is 6.49. The molecule has 2 rings (SSSR count). The van der Waals surface area contributed by atoms with Crippen LogP contribution in [0.1, 0.15) is 18.9 Å². The highest BCUT2D eigenvalue weighted by Crippen LogP contribution is 2.32. The van der Waals surface area contributed by atoms with Crippen molar-refractivity contribution in [2.24, 2.45) is 0 Å². The van der Waals surface area contributed by atoms with E-state index >= 15 is 0 Å². The van der Waals surface area contributed by atoms with Gasteiger partial charge < -0.3 is 5.11 Å². The fraction of sp³-hybridized carbons (Fsp3) is 0.200. The van der Waals surface area contributed by atoms with E-state index in [1.807, 2.05) is 0 Å². The number of anilines is 1. The Morgan fingerprint density at radius 3 is 2.43 bits per heavy atom. The maximum atomic E-state index is 12.3. The molecule has 2 N–H and O–H groups in total. The van der Waals surface area contributed by atoms with Crippen molar-refractivity contribution >= 4 is 31.6 Å². The molecule has 0 radical (unpaired) electrons. The summed E-state index contributed by atoms with van der Waals surface area (Å²) in [5.41, 5.74) is 1.24. The monoisotopic (exact) mass is 369 g/mol. The zero-order chi connectivity index (χ0) is 15.5. The van der Waals surface area contributed by atoms with Crippen LogP contribution >= 0.6 is 15.9 Å². The molecule has 0 aliphatic rings. The van der Waals surface area contributed by atoms with Gasteiger partial charge in [-0.05, 0) is 52.2 Å². The highest BCUT2D eigenvalue weighted by Gasteiger charge is 2.16. The summed E-state index contributed by atoms with van der Waals surface area (Å²) in [6, 6.07) is 11.5. The Balaban J connectivity index is 2.27. The van der Waals surface area contributed by atoms with Crippen molar-refractivity contribution in [1.29, 1.82) is 0 Å². The van der Waals surface area contributed by atoms with Crippen LogP contribution in [0.5, 0.6) is 5.75 Å². The van der Waals surface area contributed by atoms with Crippen molar-refractivity contribution in [2.75, 3.05) is 4.72 Å². The van der Waals surface area contributed by atoms with Gasteiger partial charge in [-0.2, -0.15) is 0 Å². The lowest BCUT2D eigenvalue weighted by atomic mass is 10.1. The molecule has 0 heterocycles. The van der Waals surface area contributed by atoms with Crippen LogP contribution in [0.15, 0.2) is 51.8 Å². The molecular formula is C15H16BrNO3S. The van der Waals surface area contributed by atoms with Crippen LogP contribution in [0, 0.1) is 0 Å². The summed E-state index contributed by atoms with van der Waals surface area (Å²) in [6.45, 7) is 2.07. The summed E-state index contributed by atoms with van der Waals surface area (Å²) in [5.74, 6) is -0.135. The first-order valence-corrected chi connectivity index (χ1v) is 8.81. The predicted molar refractivity (Wildman–Crippen MR) is 87.1 cm³/mol. The summed E-state index contributed by atoms with van der Waals surface area (Å²) in [6.07, 6.45) is 1.93. The van der Waals surface area contributed by atoms with Gasteiger partial charge in [-0.3, -0.25) is 4.72 Å². The third kappa shape index (κ3) is 3.77. The van der Waals surface area contributed by atoms with Gasteiger partial charge >= 0.3 is 0 Å². The van der Waals surface area contributed by atoms with Gasteiger partial charge in [0.05, 0.1) is 15.1 Å². The van der Waals surface area contributed by atoms with E-state index < -0.39 is 10.0 Å². The van der Waals surface area contributed by atoms with Crippen LogP contribution in [0.4, 0.5) is 5.69 Å². The number of para-hydroxylation sites is 1. The molecule has 21 heavy (non-hydrogen) atoms. The molecule has 6 heteroatoms. The molecule has 4 nitrogen and oxygen atoms in total. The van der Waals surface area contributed by atoms with E-state index in [9.17, 15) is 13.5 Å². The minimum Gasteiger partial charge on any atom is -0.505 e. The predicted octanol–water partition coefficient (Wildman–Crippen LogP) is 3.91. The third-order valence-corrected chi connectivity index (χ3v) is 5.02. The van der Waals surface area contributed by atoms with Crippen molar-refractivity contribution in [3.63, 3.8) is 0 Å². The Bertz CT molecular complexity index is 727. The van der Waals surface area contributed by atoms with Crippen LogP contribution in [-0.2, 0) is 16.4 Å². The van der Waals surface area contributed by atoms with Crippen molar-refractivity contribution in [2.45, 2.75) is 24.7 Å². The van der Waals surface area contributed by atoms with Crippen LogP contribution in [0.25, 0.3) is 0 Å². The summed E-state index contributed by atoms with van der Waals surface area (Å²) in [7, 11) is -3.72. The highest BCUT2D eigenvalue weighted by molar-refractivity contribution is 9.10. The number of benzene rings is 2. The topological polar surface area (TPSA) is 66.4 Å². The Kier molecular flexibility index (Phi) is 4.90. The molecule has 0 aromatic heterocycles. The molecular weight excluding hydrogens is 354 g/mol. The van der Waals surface area contributed by atoms with E-state index in [0.717, 1.165) is 18.4 Å². The van der Waals surface area contributed by atoms with Crippen LogP contribution in [-0.4, -0.2) is 13.5 Å². The minimum absolute atomic E-state index is 0.135. The van der Waals surface area contributed by atoms with Crippen LogP contribution in [0.2, 0.25) is 0 Å². The molecule has 0 aliphatic carbocycles. The largest absolute Gasteiger partial charge is 0.505 e. The molecule has 0 amide bonds. The number of phenols is 1. The number of rotatable bonds is 5. The van der Waals surface area contributed by atoms with Crippen molar-refractivity contribution in [3.05, 3.63) is 52.5 Å².